The van der Waals surface area contributed by atoms with Gasteiger partial charge >= 0.3 is 0 Å². The number of hydrogen-bond donors (Lipinski definition) is 2. The molecule has 0 saturated heterocycles. The second kappa shape index (κ2) is 3.41. The van der Waals surface area contributed by atoms with Gasteiger partial charge in [0.25, 0.3) is 0 Å². The second-order valence-electron chi connectivity index (χ2n) is 4.49. The molecule has 4 nitrogen and oxygen atoms in total. The molecule has 0 aliphatic heterocycles. The first-order valence-corrected chi connectivity index (χ1v) is 4.92. The highest BCUT2D eigenvalue weighted by molar-refractivity contribution is 5.28. The zero-order chi connectivity index (χ0) is 11.1. The van der Waals surface area contributed by atoms with E-state index in [9.17, 15) is 9.50 Å². The standard InChI is InChI=1S/C10H14FN3O/c1-10(2)7(3-8(10)15)14-9-12-4-6(11)5-13-9/h4-5,7-8,15H,3H2,1-2H3,(H,12,13,14). The number of aliphatic hydroxyl groups excluding tert-OH is 1. The summed E-state index contributed by atoms with van der Waals surface area (Å²) in [6.45, 7) is 3.95. The van der Waals surface area contributed by atoms with E-state index in [0.717, 1.165) is 12.4 Å². The van der Waals surface area contributed by atoms with Crippen molar-refractivity contribution in [2.75, 3.05) is 5.32 Å². The van der Waals surface area contributed by atoms with Gasteiger partial charge in [0.15, 0.2) is 5.82 Å². The maximum atomic E-state index is 12.5. The summed E-state index contributed by atoms with van der Waals surface area (Å²) in [5, 5.41) is 12.6. The maximum Gasteiger partial charge on any atom is 0.223 e. The van der Waals surface area contributed by atoms with E-state index in [1.54, 1.807) is 0 Å². The van der Waals surface area contributed by atoms with Crippen molar-refractivity contribution >= 4 is 5.95 Å². The summed E-state index contributed by atoms with van der Waals surface area (Å²) in [5.74, 6) is -0.0465. The fraction of sp³-hybridized carbons (Fsp3) is 0.600. The highest BCUT2D eigenvalue weighted by atomic mass is 19.1. The zero-order valence-corrected chi connectivity index (χ0v) is 8.74. The summed E-state index contributed by atoms with van der Waals surface area (Å²) >= 11 is 0. The lowest BCUT2D eigenvalue weighted by atomic mass is 9.65. The number of halogens is 1. The lowest BCUT2D eigenvalue weighted by Gasteiger charge is -2.49. The molecule has 2 N–H and O–H groups in total. The smallest absolute Gasteiger partial charge is 0.223 e. The molecule has 1 heterocycles. The van der Waals surface area contributed by atoms with Crippen molar-refractivity contribution in [2.24, 2.45) is 5.41 Å². The molecule has 0 aromatic carbocycles. The molecule has 0 bridgehead atoms. The minimum Gasteiger partial charge on any atom is -0.392 e. The summed E-state index contributed by atoms with van der Waals surface area (Å²) in [6, 6.07) is 0.137. The Kier molecular flexibility index (Phi) is 2.34. The maximum absolute atomic E-state index is 12.5. The van der Waals surface area contributed by atoms with Crippen LogP contribution in [0, 0.1) is 11.2 Å². The van der Waals surface area contributed by atoms with E-state index in [2.05, 4.69) is 15.3 Å². The lowest BCUT2D eigenvalue weighted by Crippen LogP contribution is -2.57. The normalized spacial score (nSPS) is 28.3. The Morgan fingerprint density at radius 2 is 2.07 bits per heavy atom. The van der Waals surface area contributed by atoms with Crippen LogP contribution in [-0.4, -0.2) is 27.2 Å². The lowest BCUT2D eigenvalue weighted by molar-refractivity contribution is -0.0512. The summed E-state index contributed by atoms with van der Waals surface area (Å²) in [6.07, 6.45) is 2.62. The van der Waals surface area contributed by atoms with Gasteiger partial charge in [-0.15, -0.1) is 0 Å². The highest BCUT2D eigenvalue weighted by Gasteiger charge is 2.47. The van der Waals surface area contributed by atoms with Gasteiger partial charge in [0.1, 0.15) is 0 Å². The molecule has 2 unspecified atom stereocenters. The molecule has 15 heavy (non-hydrogen) atoms. The minimum absolute atomic E-state index is 0.137. The Morgan fingerprint density at radius 1 is 1.47 bits per heavy atom. The fourth-order valence-electron chi connectivity index (χ4n) is 1.69. The van der Waals surface area contributed by atoms with Crippen molar-refractivity contribution in [3.8, 4) is 0 Å². The number of nitrogens with zero attached hydrogens (tertiary/aromatic N) is 2. The predicted molar refractivity (Wildman–Crippen MR) is 53.8 cm³/mol. The van der Waals surface area contributed by atoms with Crippen LogP contribution < -0.4 is 5.32 Å². The summed E-state index contributed by atoms with van der Waals surface area (Å²) in [4.78, 5) is 7.62. The average molecular weight is 211 g/mol. The van der Waals surface area contributed by atoms with E-state index < -0.39 is 5.82 Å². The Hall–Kier alpha value is -1.23. The van der Waals surface area contributed by atoms with E-state index in [4.69, 9.17) is 0 Å². The van der Waals surface area contributed by atoms with Crippen LogP contribution in [0.3, 0.4) is 0 Å². The van der Waals surface area contributed by atoms with Gasteiger partial charge in [-0.3, -0.25) is 0 Å². The van der Waals surface area contributed by atoms with Gasteiger partial charge in [-0.05, 0) is 6.42 Å². The van der Waals surface area contributed by atoms with Crippen LogP contribution in [0.15, 0.2) is 12.4 Å². The van der Waals surface area contributed by atoms with Crippen LogP contribution in [0.4, 0.5) is 10.3 Å². The zero-order valence-electron chi connectivity index (χ0n) is 8.74. The van der Waals surface area contributed by atoms with Crippen molar-refractivity contribution in [2.45, 2.75) is 32.4 Å². The molecule has 1 aliphatic rings. The minimum atomic E-state index is -0.451. The quantitative estimate of drug-likeness (QED) is 0.771. The number of anilines is 1. The van der Waals surface area contributed by atoms with E-state index in [1.165, 1.54) is 0 Å². The van der Waals surface area contributed by atoms with Crippen molar-refractivity contribution in [3.63, 3.8) is 0 Å². The number of aromatic nitrogens is 2. The molecule has 1 aliphatic carbocycles. The van der Waals surface area contributed by atoms with Crippen LogP contribution >= 0.6 is 0 Å². The monoisotopic (exact) mass is 211 g/mol. The first kappa shape index (κ1) is 10.3. The molecule has 1 saturated carbocycles. The third kappa shape index (κ3) is 1.79. The first-order chi connectivity index (χ1) is 7.00. The van der Waals surface area contributed by atoms with Crippen LogP contribution in [0.1, 0.15) is 20.3 Å². The summed E-state index contributed by atoms with van der Waals surface area (Å²) < 4.78 is 12.5. The summed E-state index contributed by atoms with van der Waals surface area (Å²) in [7, 11) is 0. The molecular weight excluding hydrogens is 197 g/mol. The molecule has 1 aromatic rings. The van der Waals surface area contributed by atoms with E-state index >= 15 is 0 Å². The third-order valence-corrected chi connectivity index (χ3v) is 3.14. The number of aliphatic hydroxyl groups is 1. The molecule has 2 atom stereocenters. The van der Waals surface area contributed by atoms with Crippen LogP contribution in [-0.2, 0) is 0 Å². The van der Waals surface area contributed by atoms with Gasteiger partial charge in [0.2, 0.25) is 5.95 Å². The number of hydrogen-bond acceptors (Lipinski definition) is 4. The van der Waals surface area contributed by atoms with E-state index in [0.29, 0.717) is 12.4 Å². The highest BCUT2D eigenvalue weighted by Crippen LogP contribution is 2.41. The molecule has 0 spiro atoms. The van der Waals surface area contributed by atoms with Crippen LogP contribution in [0.5, 0.6) is 0 Å². The third-order valence-electron chi connectivity index (χ3n) is 3.14. The Labute approximate surface area is 87.6 Å². The van der Waals surface area contributed by atoms with Crippen molar-refractivity contribution in [1.29, 1.82) is 0 Å². The van der Waals surface area contributed by atoms with Gasteiger partial charge in [-0.1, -0.05) is 13.8 Å². The first-order valence-electron chi connectivity index (χ1n) is 4.92. The Balaban J connectivity index is 2.02. The topological polar surface area (TPSA) is 58.0 Å². The molecule has 82 valence electrons. The second-order valence-corrected chi connectivity index (χ2v) is 4.49. The average Bonchev–Trinajstić information content (AvgIpc) is 2.21. The molecule has 1 fully saturated rings. The molecule has 0 amide bonds. The van der Waals surface area contributed by atoms with Crippen molar-refractivity contribution in [1.82, 2.24) is 9.97 Å². The summed E-state index contributed by atoms with van der Waals surface area (Å²) in [5.41, 5.74) is -0.183. The van der Waals surface area contributed by atoms with Gasteiger partial charge < -0.3 is 10.4 Å². The van der Waals surface area contributed by atoms with Gasteiger partial charge in [-0.25, -0.2) is 14.4 Å². The van der Waals surface area contributed by atoms with Crippen molar-refractivity contribution in [3.05, 3.63) is 18.2 Å². The predicted octanol–water partition coefficient (Wildman–Crippen LogP) is 1.19. The van der Waals surface area contributed by atoms with Gasteiger partial charge in [0.05, 0.1) is 18.5 Å². The van der Waals surface area contributed by atoms with Crippen LogP contribution in [0.2, 0.25) is 0 Å². The number of rotatable bonds is 2. The molecular formula is C10H14FN3O. The van der Waals surface area contributed by atoms with Gasteiger partial charge in [0, 0.05) is 11.5 Å². The van der Waals surface area contributed by atoms with Crippen molar-refractivity contribution < 1.29 is 9.50 Å². The number of nitrogens with one attached hydrogen (secondary N) is 1. The van der Waals surface area contributed by atoms with Crippen LogP contribution in [0.25, 0.3) is 0 Å². The largest absolute Gasteiger partial charge is 0.392 e. The molecule has 0 radical (unpaired) electrons. The Bertz CT molecular complexity index is 352. The molecule has 2 rings (SSSR count). The Morgan fingerprint density at radius 3 is 2.53 bits per heavy atom. The van der Waals surface area contributed by atoms with Gasteiger partial charge in [-0.2, -0.15) is 0 Å². The SMILES string of the molecule is CC1(C)C(O)CC1Nc1ncc(F)cn1. The molecule has 1 aromatic heterocycles. The van der Waals surface area contributed by atoms with E-state index in [1.807, 2.05) is 13.8 Å². The van der Waals surface area contributed by atoms with E-state index in [-0.39, 0.29) is 17.6 Å². The fourth-order valence-corrected chi connectivity index (χ4v) is 1.69. The molecule has 5 heteroatoms.